The van der Waals surface area contributed by atoms with Crippen LogP contribution in [0.2, 0.25) is 0 Å². The van der Waals surface area contributed by atoms with Gasteiger partial charge in [-0.15, -0.1) is 11.3 Å². The second-order valence-electron chi connectivity index (χ2n) is 5.29. The van der Waals surface area contributed by atoms with Crippen molar-refractivity contribution in [2.45, 2.75) is 19.0 Å². The van der Waals surface area contributed by atoms with Crippen LogP contribution in [0.5, 0.6) is 5.75 Å². The van der Waals surface area contributed by atoms with Crippen LogP contribution in [0.4, 0.5) is 0 Å². The van der Waals surface area contributed by atoms with E-state index in [1.807, 2.05) is 24.3 Å². The lowest BCUT2D eigenvalue weighted by Gasteiger charge is -2.33. The van der Waals surface area contributed by atoms with Gasteiger partial charge in [0.05, 0.1) is 14.2 Å². The predicted molar refractivity (Wildman–Crippen MR) is 86.2 cm³/mol. The van der Waals surface area contributed by atoms with Crippen molar-refractivity contribution in [3.63, 3.8) is 0 Å². The number of benzene rings is 1. The molecule has 1 unspecified atom stereocenters. The maximum absolute atomic E-state index is 12.3. The molecule has 1 aromatic carbocycles. The fourth-order valence-corrected chi connectivity index (χ4v) is 3.77. The van der Waals surface area contributed by atoms with Gasteiger partial charge in [-0.25, -0.2) is 4.79 Å². The lowest BCUT2D eigenvalue weighted by Crippen LogP contribution is -2.38. The Morgan fingerprint density at radius 1 is 1.23 bits per heavy atom. The second-order valence-corrected chi connectivity index (χ2v) is 6.29. The summed E-state index contributed by atoms with van der Waals surface area (Å²) < 4.78 is 10.2. The van der Waals surface area contributed by atoms with E-state index < -0.39 is 0 Å². The number of carbonyl (C=O) groups excluding carboxylic acids is 1. The molecule has 2 heterocycles. The van der Waals surface area contributed by atoms with Crippen LogP contribution in [0.1, 0.15) is 22.0 Å². The normalized spacial score (nSPS) is 15.9. The lowest BCUT2D eigenvalue weighted by atomic mass is 10.0. The molecular formula is C17H19NO3S. The summed E-state index contributed by atoms with van der Waals surface area (Å²) in [5.41, 5.74) is 2.25. The number of carbonyl (C=O) groups is 1. The summed E-state index contributed by atoms with van der Waals surface area (Å²) in [5, 5.41) is 2.12. The fraction of sp³-hybridized carbons (Fsp3) is 0.353. The first-order valence-electron chi connectivity index (χ1n) is 7.24. The Kier molecular flexibility index (Phi) is 4.45. The molecule has 1 aliphatic rings. The van der Waals surface area contributed by atoms with Gasteiger partial charge in [-0.05, 0) is 41.1 Å². The Labute approximate surface area is 134 Å². The molecule has 0 bridgehead atoms. The summed E-state index contributed by atoms with van der Waals surface area (Å²) in [7, 11) is 3.08. The van der Waals surface area contributed by atoms with E-state index in [1.54, 1.807) is 18.4 Å². The highest BCUT2D eigenvalue weighted by Crippen LogP contribution is 2.31. The van der Waals surface area contributed by atoms with Crippen LogP contribution in [0.25, 0.3) is 0 Å². The molecule has 0 aliphatic carbocycles. The number of methoxy groups -OCH3 is 2. The third kappa shape index (κ3) is 2.87. The van der Waals surface area contributed by atoms with Gasteiger partial charge in [0.25, 0.3) is 0 Å². The standard InChI is InChI=1S/C17H19NO3S/c1-20-14-5-3-12(4-6-14)16(17(19)21-2)18-9-7-15-13(11-18)8-10-22-15/h3-6,8,10,16H,7,9,11H2,1-2H3. The van der Waals surface area contributed by atoms with Crippen LogP contribution in [0.3, 0.4) is 0 Å². The van der Waals surface area contributed by atoms with Crippen molar-refractivity contribution in [1.82, 2.24) is 4.90 Å². The Balaban J connectivity index is 1.88. The van der Waals surface area contributed by atoms with Crippen molar-refractivity contribution >= 4 is 17.3 Å². The van der Waals surface area contributed by atoms with Crippen molar-refractivity contribution in [3.8, 4) is 5.75 Å². The fourth-order valence-electron chi connectivity index (χ4n) is 2.88. The first-order chi connectivity index (χ1) is 10.7. The van der Waals surface area contributed by atoms with E-state index in [0.717, 1.165) is 30.8 Å². The Morgan fingerprint density at radius 2 is 2.00 bits per heavy atom. The SMILES string of the molecule is COC(=O)C(c1ccc(OC)cc1)N1CCc2sccc2C1. The first kappa shape index (κ1) is 15.1. The molecule has 0 saturated heterocycles. The van der Waals surface area contributed by atoms with Crippen molar-refractivity contribution < 1.29 is 14.3 Å². The third-order valence-corrected chi connectivity index (χ3v) is 5.08. The van der Waals surface area contributed by atoms with E-state index in [1.165, 1.54) is 17.6 Å². The Bertz CT molecular complexity index is 650. The van der Waals surface area contributed by atoms with Crippen LogP contribution in [0, 0.1) is 0 Å². The molecule has 1 atom stereocenters. The van der Waals surface area contributed by atoms with E-state index >= 15 is 0 Å². The number of ether oxygens (including phenoxy) is 2. The minimum atomic E-state index is -0.371. The lowest BCUT2D eigenvalue weighted by molar-refractivity contribution is -0.147. The molecule has 0 saturated carbocycles. The third-order valence-electron chi connectivity index (χ3n) is 4.06. The zero-order valence-corrected chi connectivity index (χ0v) is 13.6. The van der Waals surface area contributed by atoms with Gasteiger partial charge in [-0.1, -0.05) is 12.1 Å². The molecule has 5 heteroatoms. The van der Waals surface area contributed by atoms with Crippen LogP contribution in [-0.2, 0) is 22.5 Å². The van der Waals surface area contributed by atoms with E-state index in [0.29, 0.717) is 0 Å². The first-order valence-corrected chi connectivity index (χ1v) is 8.12. The topological polar surface area (TPSA) is 38.8 Å². The molecule has 22 heavy (non-hydrogen) atoms. The molecule has 4 nitrogen and oxygen atoms in total. The molecule has 0 radical (unpaired) electrons. The summed E-state index contributed by atoms with van der Waals surface area (Å²) in [5.74, 6) is 0.565. The summed E-state index contributed by atoms with van der Waals surface area (Å²) in [4.78, 5) is 15.9. The number of thiophene rings is 1. The van der Waals surface area contributed by atoms with Gasteiger partial charge in [0.2, 0.25) is 0 Å². The van der Waals surface area contributed by atoms with Gasteiger partial charge in [0.15, 0.2) is 0 Å². The molecule has 0 fully saturated rings. The summed E-state index contributed by atoms with van der Waals surface area (Å²) in [6, 6.07) is 9.40. The monoisotopic (exact) mass is 317 g/mol. The molecular weight excluding hydrogens is 298 g/mol. The number of rotatable bonds is 4. The zero-order valence-electron chi connectivity index (χ0n) is 12.7. The van der Waals surface area contributed by atoms with E-state index in [2.05, 4.69) is 16.3 Å². The molecule has 1 aliphatic heterocycles. The number of fused-ring (bicyclic) bond motifs is 1. The quantitative estimate of drug-likeness (QED) is 0.813. The van der Waals surface area contributed by atoms with Crippen LogP contribution < -0.4 is 4.74 Å². The highest BCUT2D eigenvalue weighted by molar-refractivity contribution is 7.10. The van der Waals surface area contributed by atoms with E-state index in [9.17, 15) is 4.79 Å². The van der Waals surface area contributed by atoms with Crippen LogP contribution in [0.15, 0.2) is 35.7 Å². The number of hydrogen-bond donors (Lipinski definition) is 0. The number of hydrogen-bond acceptors (Lipinski definition) is 5. The minimum Gasteiger partial charge on any atom is -0.497 e. The molecule has 1 aromatic heterocycles. The second kappa shape index (κ2) is 6.50. The van der Waals surface area contributed by atoms with Crippen molar-refractivity contribution in [3.05, 3.63) is 51.7 Å². The molecule has 3 rings (SSSR count). The summed E-state index contributed by atoms with van der Waals surface area (Å²) >= 11 is 1.79. The average Bonchev–Trinajstić information content (AvgIpc) is 3.03. The van der Waals surface area contributed by atoms with E-state index in [4.69, 9.17) is 9.47 Å². The smallest absolute Gasteiger partial charge is 0.327 e. The van der Waals surface area contributed by atoms with Crippen LogP contribution in [-0.4, -0.2) is 31.6 Å². The van der Waals surface area contributed by atoms with Gasteiger partial charge in [0, 0.05) is 18.0 Å². The highest BCUT2D eigenvalue weighted by atomic mass is 32.1. The van der Waals surface area contributed by atoms with Gasteiger partial charge in [-0.3, -0.25) is 4.90 Å². The van der Waals surface area contributed by atoms with Crippen LogP contribution >= 0.6 is 11.3 Å². The molecule has 116 valence electrons. The molecule has 2 aromatic rings. The van der Waals surface area contributed by atoms with Crippen molar-refractivity contribution in [2.75, 3.05) is 20.8 Å². The zero-order chi connectivity index (χ0) is 15.5. The van der Waals surface area contributed by atoms with Gasteiger partial charge in [-0.2, -0.15) is 0 Å². The molecule has 0 spiro atoms. The minimum absolute atomic E-state index is 0.219. The Hall–Kier alpha value is -1.85. The molecule has 0 N–H and O–H groups in total. The maximum atomic E-state index is 12.3. The van der Waals surface area contributed by atoms with Gasteiger partial charge in [0.1, 0.15) is 11.8 Å². The number of esters is 1. The Morgan fingerprint density at radius 3 is 2.68 bits per heavy atom. The van der Waals surface area contributed by atoms with Gasteiger partial charge >= 0.3 is 5.97 Å². The number of nitrogens with zero attached hydrogens (tertiary/aromatic N) is 1. The van der Waals surface area contributed by atoms with Crippen molar-refractivity contribution in [1.29, 1.82) is 0 Å². The highest BCUT2D eigenvalue weighted by Gasteiger charge is 2.31. The van der Waals surface area contributed by atoms with Crippen molar-refractivity contribution in [2.24, 2.45) is 0 Å². The summed E-state index contributed by atoms with van der Waals surface area (Å²) in [6.07, 6.45) is 0.983. The molecule has 0 amide bonds. The summed E-state index contributed by atoms with van der Waals surface area (Å²) in [6.45, 7) is 1.64. The maximum Gasteiger partial charge on any atom is 0.327 e. The largest absolute Gasteiger partial charge is 0.497 e. The predicted octanol–water partition coefficient (Wildman–Crippen LogP) is 3.03. The van der Waals surface area contributed by atoms with E-state index in [-0.39, 0.29) is 12.0 Å². The van der Waals surface area contributed by atoms with Gasteiger partial charge < -0.3 is 9.47 Å². The average molecular weight is 317 g/mol.